The fraction of sp³-hybridized carbons (Fsp3) is 0.357. The number of nitrogens with zero attached hydrogens (tertiary/aromatic N) is 2. The number of amides is 1. The van der Waals surface area contributed by atoms with Crippen molar-refractivity contribution in [2.75, 3.05) is 18.4 Å². The summed E-state index contributed by atoms with van der Waals surface area (Å²) in [6.07, 6.45) is 4.77. The van der Waals surface area contributed by atoms with Crippen molar-refractivity contribution in [1.29, 1.82) is 0 Å². The predicted octanol–water partition coefficient (Wildman–Crippen LogP) is 5.43. The largest absolute Gasteiger partial charge is 0.355 e. The van der Waals surface area contributed by atoms with Crippen LogP contribution >= 0.6 is 0 Å². The van der Waals surface area contributed by atoms with Crippen LogP contribution in [0.3, 0.4) is 0 Å². The van der Waals surface area contributed by atoms with Crippen molar-refractivity contribution in [1.82, 2.24) is 9.46 Å². The van der Waals surface area contributed by atoms with Crippen LogP contribution in [0.1, 0.15) is 52.1 Å². The average molecular weight is 508 g/mol. The van der Waals surface area contributed by atoms with E-state index in [0.717, 1.165) is 27.9 Å². The van der Waals surface area contributed by atoms with Gasteiger partial charge in [-0.2, -0.15) is 4.31 Å². The summed E-state index contributed by atoms with van der Waals surface area (Å²) in [7, 11) is -3.91. The lowest BCUT2D eigenvalue weighted by Crippen LogP contribution is -2.44. The molecule has 1 saturated heterocycles. The van der Waals surface area contributed by atoms with Crippen molar-refractivity contribution in [2.24, 2.45) is 5.92 Å². The molecule has 3 aromatic rings. The zero-order chi connectivity index (χ0) is 26.0. The van der Waals surface area contributed by atoms with Crippen LogP contribution in [0.15, 0.2) is 45.8 Å². The van der Waals surface area contributed by atoms with Crippen molar-refractivity contribution in [2.45, 2.75) is 52.4 Å². The van der Waals surface area contributed by atoms with Crippen molar-refractivity contribution in [3.8, 4) is 0 Å². The van der Waals surface area contributed by atoms with Crippen LogP contribution < -0.4 is 5.32 Å². The molecule has 1 atom stereocenters. The molecule has 2 heterocycles. The zero-order valence-electron chi connectivity index (χ0n) is 21.5. The Morgan fingerprint density at radius 2 is 1.75 bits per heavy atom. The normalized spacial score (nSPS) is 17.0. The minimum atomic E-state index is -3.91. The highest BCUT2D eigenvalue weighted by Crippen LogP contribution is 2.30. The fourth-order valence-electron chi connectivity index (χ4n) is 4.86. The Balaban J connectivity index is 1.57. The minimum Gasteiger partial charge on any atom is -0.355 e. The Morgan fingerprint density at radius 1 is 1.06 bits per heavy atom. The summed E-state index contributed by atoms with van der Waals surface area (Å²) in [5, 5.41) is 6.92. The molecule has 7 nitrogen and oxygen atoms in total. The molecular formula is C28H33N3O4S. The van der Waals surface area contributed by atoms with E-state index < -0.39 is 15.9 Å². The summed E-state index contributed by atoms with van der Waals surface area (Å²) in [4.78, 5) is 13.0. The topological polar surface area (TPSA) is 92.5 Å². The van der Waals surface area contributed by atoms with E-state index in [4.69, 9.17) is 4.52 Å². The van der Waals surface area contributed by atoms with Crippen molar-refractivity contribution in [3.63, 3.8) is 0 Å². The molecule has 1 aliphatic heterocycles. The molecule has 1 aliphatic rings. The van der Waals surface area contributed by atoms with Crippen molar-refractivity contribution < 1.29 is 17.7 Å². The number of para-hydroxylation sites is 1. The van der Waals surface area contributed by atoms with Gasteiger partial charge in [-0.05, 0) is 81.9 Å². The number of aryl methyl sites for hydroxylation is 5. The first-order chi connectivity index (χ1) is 17.1. The second-order valence-electron chi connectivity index (χ2n) is 9.61. The monoisotopic (exact) mass is 507 g/mol. The molecule has 4 rings (SSSR count). The van der Waals surface area contributed by atoms with E-state index in [1.54, 1.807) is 13.0 Å². The zero-order valence-corrected chi connectivity index (χ0v) is 22.3. The number of carbonyl (C=O) groups is 1. The molecule has 2 aromatic carbocycles. The SMILES string of the molecule is Cc1cc(C)c(/C=C/c2onc(C)c2S(=O)(=O)N2CCC[C@@H](C(=O)Nc3ccccc3C)C2)c(C)c1. The molecule has 0 radical (unpaired) electrons. The maximum Gasteiger partial charge on any atom is 0.248 e. The molecule has 1 amide bonds. The van der Waals surface area contributed by atoms with E-state index in [2.05, 4.69) is 22.6 Å². The van der Waals surface area contributed by atoms with Gasteiger partial charge in [0.25, 0.3) is 0 Å². The minimum absolute atomic E-state index is 0.0566. The summed E-state index contributed by atoms with van der Waals surface area (Å²) in [5.41, 5.74) is 6.40. The van der Waals surface area contributed by atoms with Gasteiger partial charge in [0.1, 0.15) is 5.69 Å². The van der Waals surface area contributed by atoms with Crippen molar-refractivity contribution in [3.05, 3.63) is 75.7 Å². The van der Waals surface area contributed by atoms with Crippen LogP contribution in [0.2, 0.25) is 0 Å². The summed E-state index contributed by atoms with van der Waals surface area (Å²) >= 11 is 0. The van der Waals surface area contributed by atoms with Gasteiger partial charge in [0.05, 0.1) is 5.92 Å². The van der Waals surface area contributed by atoms with Gasteiger partial charge in [0.15, 0.2) is 10.7 Å². The van der Waals surface area contributed by atoms with E-state index in [0.29, 0.717) is 25.1 Å². The quantitative estimate of drug-likeness (QED) is 0.481. The Kier molecular flexibility index (Phi) is 7.47. The summed E-state index contributed by atoms with van der Waals surface area (Å²) in [6.45, 7) is 10.1. The summed E-state index contributed by atoms with van der Waals surface area (Å²) in [5.74, 6) is -0.416. The van der Waals surface area contributed by atoms with Crippen LogP contribution in [0.25, 0.3) is 12.2 Å². The maximum absolute atomic E-state index is 13.7. The summed E-state index contributed by atoms with van der Waals surface area (Å²) < 4.78 is 34.3. The highest BCUT2D eigenvalue weighted by Gasteiger charge is 2.37. The molecule has 1 N–H and O–H groups in total. The van der Waals surface area contributed by atoms with Gasteiger partial charge in [-0.15, -0.1) is 0 Å². The van der Waals surface area contributed by atoms with Crippen LogP contribution in [0, 0.1) is 40.5 Å². The van der Waals surface area contributed by atoms with E-state index >= 15 is 0 Å². The highest BCUT2D eigenvalue weighted by molar-refractivity contribution is 7.89. The van der Waals surface area contributed by atoms with Crippen LogP contribution in [0.5, 0.6) is 0 Å². The molecule has 8 heteroatoms. The first-order valence-electron chi connectivity index (χ1n) is 12.2. The van der Waals surface area contributed by atoms with Gasteiger partial charge in [0, 0.05) is 18.8 Å². The molecular weight excluding hydrogens is 474 g/mol. The lowest BCUT2D eigenvalue weighted by molar-refractivity contribution is -0.120. The number of nitrogens with one attached hydrogen (secondary N) is 1. The first kappa shape index (κ1) is 25.9. The number of hydrogen-bond donors (Lipinski definition) is 1. The molecule has 1 aromatic heterocycles. The van der Waals surface area contributed by atoms with E-state index in [1.165, 1.54) is 9.87 Å². The van der Waals surface area contributed by atoms with E-state index in [9.17, 15) is 13.2 Å². The van der Waals surface area contributed by atoms with Crippen molar-refractivity contribution >= 4 is 33.8 Å². The molecule has 0 spiro atoms. The number of anilines is 1. The average Bonchev–Trinajstić information content (AvgIpc) is 3.21. The number of piperidine rings is 1. The Labute approximate surface area is 213 Å². The summed E-state index contributed by atoms with van der Waals surface area (Å²) in [6, 6.07) is 11.7. The van der Waals surface area contributed by atoms with Crippen LogP contribution in [-0.2, 0) is 14.8 Å². The van der Waals surface area contributed by atoms with Gasteiger partial charge < -0.3 is 9.84 Å². The second-order valence-corrected chi connectivity index (χ2v) is 11.5. The number of carbonyl (C=O) groups excluding carboxylic acids is 1. The molecule has 0 unspecified atom stereocenters. The Bertz CT molecular complexity index is 1400. The Morgan fingerprint density at radius 3 is 2.44 bits per heavy atom. The molecule has 0 saturated carbocycles. The van der Waals surface area contributed by atoms with Gasteiger partial charge in [-0.3, -0.25) is 4.79 Å². The number of sulfonamides is 1. The smallest absolute Gasteiger partial charge is 0.248 e. The molecule has 190 valence electrons. The number of rotatable bonds is 6. The van der Waals surface area contributed by atoms with Gasteiger partial charge in [-0.25, -0.2) is 8.42 Å². The fourth-order valence-corrected chi connectivity index (χ4v) is 6.64. The lowest BCUT2D eigenvalue weighted by atomic mass is 9.98. The second kappa shape index (κ2) is 10.4. The maximum atomic E-state index is 13.7. The van der Waals surface area contributed by atoms with E-state index in [-0.39, 0.29) is 23.1 Å². The number of benzene rings is 2. The standard InChI is InChI=1S/C28H33N3O4S/c1-18-15-20(3)24(21(4)16-18)12-13-26-27(22(5)30-35-26)36(33,34)31-14-8-10-23(17-31)28(32)29-25-11-7-6-9-19(25)2/h6-7,9,11-13,15-16,23H,8,10,14,17H2,1-5H3,(H,29,32)/b13-12+/t23-/m1/s1. The first-order valence-corrected chi connectivity index (χ1v) is 13.6. The third-order valence-electron chi connectivity index (χ3n) is 6.73. The van der Waals surface area contributed by atoms with Gasteiger partial charge >= 0.3 is 0 Å². The van der Waals surface area contributed by atoms with E-state index in [1.807, 2.05) is 58.0 Å². The lowest BCUT2D eigenvalue weighted by Gasteiger charge is -2.31. The third-order valence-corrected chi connectivity index (χ3v) is 8.75. The van der Waals surface area contributed by atoms with Gasteiger partial charge in [-0.1, -0.05) is 47.1 Å². The van der Waals surface area contributed by atoms with Crippen LogP contribution in [-0.4, -0.2) is 36.9 Å². The molecule has 0 aliphatic carbocycles. The predicted molar refractivity (Wildman–Crippen MR) is 142 cm³/mol. The number of hydrogen-bond acceptors (Lipinski definition) is 5. The number of aromatic nitrogens is 1. The Hall–Kier alpha value is -3.23. The molecule has 0 bridgehead atoms. The van der Waals surface area contributed by atoms with Gasteiger partial charge in [0.2, 0.25) is 15.9 Å². The highest BCUT2D eigenvalue weighted by atomic mass is 32.2. The molecule has 1 fully saturated rings. The van der Waals surface area contributed by atoms with Crippen LogP contribution in [0.4, 0.5) is 5.69 Å². The molecule has 36 heavy (non-hydrogen) atoms. The third kappa shape index (κ3) is 5.29.